The average molecular weight is 414 g/mol. The molecule has 0 bridgehead atoms. The summed E-state index contributed by atoms with van der Waals surface area (Å²) in [7, 11) is 1.53. The van der Waals surface area contributed by atoms with Crippen molar-refractivity contribution in [1.82, 2.24) is 19.9 Å². The molecule has 0 radical (unpaired) electrons. The standard InChI is InChI=1S/C24H22N4O3/c1-31-20-14-6-5-13-19(20)28-22-18(12-8-15-25-22)27-21(24(28)30)23(29)26-16-7-11-17-9-3-2-4-10-17/h2-6,8-10,12-15H,7,11,16H2,1H3,(H,26,29). The molecule has 0 fully saturated rings. The van der Waals surface area contributed by atoms with Crippen LogP contribution in [0.1, 0.15) is 22.5 Å². The molecule has 0 atom stereocenters. The third kappa shape index (κ3) is 4.30. The Kier molecular flexibility index (Phi) is 6.03. The smallest absolute Gasteiger partial charge is 0.288 e. The van der Waals surface area contributed by atoms with Crippen LogP contribution in [0.25, 0.3) is 16.9 Å². The topological polar surface area (TPSA) is 86.1 Å². The maximum atomic E-state index is 13.3. The molecule has 1 amide bonds. The Bertz CT molecular complexity index is 1270. The summed E-state index contributed by atoms with van der Waals surface area (Å²) < 4.78 is 6.79. The van der Waals surface area contributed by atoms with E-state index in [-0.39, 0.29) is 5.69 Å². The number of amides is 1. The number of hydrogen-bond donors (Lipinski definition) is 1. The monoisotopic (exact) mass is 414 g/mol. The summed E-state index contributed by atoms with van der Waals surface area (Å²) in [5.74, 6) is -0.00978. The minimum absolute atomic E-state index is 0.175. The zero-order chi connectivity index (χ0) is 21.6. The van der Waals surface area contributed by atoms with E-state index in [1.807, 2.05) is 36.4 Å². The fourth-order valence-corrected chi connectivity index (χ4v) is 3.43. The van der Waals surface area contributed by atoms with Crippen LogP contribution in [0, 0.1) is 0 Å². The third-order valence-electron chi connectivity index (χ3n) is 4.93. The lowest BCUT2D eigenvalue weighted by atomic mass is 10.1. The number of nitrogens with one attached hydrogen (secondary N) is 1. The number of pyridine rings is 1. The van der Waals surface area contributed by atoms with Crippen molar-refractivity contribution in [2.45, 2.75) is 12.8 Å². The molecule has 2 heterocycles. The molecule has 0 saturated carbocycles. The molecule has 2 aromatic carbocycles. The fourth-order valence-electron chi connectivity index (χ4n) is 3.43. The molecule has 0 aliphatic heterocycles. The van der Waals surface area contributed by atoms with Crippen LogP contribution in [0.15, 0.2) is 77.7 Å². The molecular weight excluding hydrogens is 392 g/mol. The molecular formula is C24H22N4O3. The van der Waals surface area contributed by atoms with Crippen molar-refractivity contribution in [1.29, 1.82) is 0 Å². The molecule has 31 heavy (non-hydrogen) atoms. The minimum atomic E-state index is -0.545. The second-order valence-corrected chi connectivity index (χ2v) is 6.96. The Morgan fingerprint density at radius 1 is 1.03 bits per heavy atom. The number of hydrogen-bond acceptors (Lipinski definition) is 5. The van der Waals surface area contributed by atoms with E-state index in [0.717, 1.165) is 12.8 Å². The van der Waals surface area contributed by atoms with Gasteiger partial charge in [0, 0.05) is 12.7 Å². The van der Waals surface area contributed by atoms with Gasteiger partial charge in [-0.15, -0.1) is 0 Å². The van der Waals surface area contributed by atoms with Crippen LogP contribution >= 0.6 is 0 Å². The third-order valence-corrected chi connectivity index (χ3v) is 4.93. The number of aromatic nitrogens is 3. The van der Waals surface area contributed by atoms with E-state index in [0.29, 0.717) is 29.1 Å². The summed E-state index contributed by atoms with van der Waals surface area (Å²) in [6, 6.07) is 20.6. The highest BCUT2D eigenvalue weighted by Gasteiger charge is 2.20. The predicted octanol–water partition coefficient (Wildman–Crippen LogP) is 3.15. The normalized spacial score (nSPS) is 10.7. The number of rotatable bonds is 7. The zero-order valence-corrected chi connectivity index (χ0v) is 17.1. The summed E-state index contributed by atoms with van der Waals surface area (Å²) in [6.07, 6.45) is 3.17. The molecule has 0 saturated heterocycles. The largest absolute Gasteiger partial charge is 0.495 e. The van der Waals surface area contributed by atoms with Gasteiger partial charge < -0.3 is 10.1 Å². The summed E-state index contributed by atoms with van der Waals surface area (Å²) >= 11 is 0. The Hall–Kier alpha value is -4.00. The van der Waals surface area contributed by atoms with Gasteiger partial charge >= 0.3 is 0 Å². The van der Waals surface area contributed by atoms with Crippen molar-refractivity contribution in [2.24, 2.45) is 0 Å². The highest BCUT2D eigenvalue weighted by molar-refractivity contribution is 5.93. The SMILES string of the molecule is COc1ccccc1-n1c(=O)c(C(=O)NCCCc2ccccc2)nc2cccnc21. The first-order valence-electron chi connectivity index (χ1n) is 10.0. The first-order valence-corrected chi connectivity index (χ1v) is 10.0. The van der Waals surface area contributed by atoms with Gasteiger partial charge in [0.1, 0.15) is 11.3 Å². The van der Waals surface area contributed by atoms with Gasteiger partial charge in [-0.1, -0.05) is 42.5 Å². The van der Waals surface area contributed by atoms with Crippen LogP contribution < -0.4 is 15.6 Å². The second-order valence-electron chi connectivity index (χ2n) is 6.96. The molecule has 4 rings (SSSR count). The first kappa shape index (κ1) is 20.3. The van der Waals surface area contributed by atoms with E-state index in [1.54, 1.807) is 36.5 Å². The zero-order valence-electron chi connectivity index (χ0n) is 17.1. The molecule has 7 heteroatoms. The van der Waals surface area contributed by atoms with E-state index in [4.69, 9.17) is 4.74 Å². The number of aryl methyl sites for hydroxylation is 1. The van der Waals surface area contributed by atoms with Crippen molar-refractivity contribution in [3.8, 4) is 11.4 Å². The van der Waals surface area contributed by atoms with Crippen LogP contribution in [0.4, 0.5) is 0 Å². The number of ether oxygens (including phenoxy) is 1. The number of carbonyl (C=O) groups is 1. The maximum absolute atomic E-state index is 13.3. The maximum Gasteiger partial charge on any atom is 0.288 e. The summed E-state index contributed by atoms with van der Waals surface area (Å²) in [5, 5.41) is 2.82. The molecule has 0 aliphatic rings. The minimum Gasteiger partial charge on any atom is -0.495 e. The number of nitrogens with zero attached hydrogens (tertiary/aromatic N) is 3. The number of carbonyl (C=O) groups excluding carboxylic acids is 1. The molecule has 7 nitrogen and oxygen atoms in total. The lowest BCUT2D eigenvalue weighted by molar-refractivity contribution is 0.0946. The second kappa shape index (κ2) is 9.21. The van der Waals surface area contributed by atoms with Gasteiger partial charge in [-0.05, 0) is 42.7 Å². The predicted molar refractivity (Wildman–Crippen MR) is 119 cm³/mol. The highest BCUT2D eigenvalue weighted by atomic mass is 16.5. The molecule has 0 spiro atoms. The summed E-state index contributed by atoms with van der Waals surface area (Å²) in [6.45, 7) is 0.439. The van der Waals surface area contributed by atoms with Crippen LogP contribution in [0.2, 0.25) is 0 Å². The van der Waals surface area contributed by atoms with E-state index in [2.05, 4.69) is 15.3 Å². The fraction of sp³-hybridized carbons (Fsp3) is 0.167. The van der Waals surface area contributed by atoms with E-state index in [9.17, 15) is 9.59 Å². The van der Waals surface area contributed by atoms with Crippen molar-refractivity contribution in [3.63, 3.8) is 0 Å². The summed E-state index contributed by atoms with van der Waals surface area (Å²) in [4.78, 5) is 34.7. The van der Waals surface area contributed by atoms with Crippen molar-refractivity contribution < 1.29 is 9.53 Å². The van der Waals surface area contributed by atoms with Crippen LogP contribution in [-0.2, 0) is 6.42 Å². The molecule has 1 N–H and O–H groups in total. The number of fused-ring (bicyclic) bond motifs is 1. The van der Waals surface area contributed by atoms with Gasteiger partial charge in [0.15, 0.2) is 11.3 Å². The van der Waals surface area contributed by atoms with E-state index in [1.165, 1.54) is 17.2 Å². The van der Waals surface area contributed by atoms with E-state index >= 15 is 0 Å². The van der Waals surface area contributed by atoms with Crippen molar-refractivity contribution in [3.05, 3.63) is 94.5 Å². The van der Waals surface area contributed by atoms with Gasteiger partial charge in [0.2, 0.25) is 0 Å². The molecule has 4 aromatic rings. The number of benzene rings is 2. The van der Waals surface area contributed by atoms with Gasteiger partial charge in [-0.3, -0.25) is 14.2 Å². The van der Waals surface area contributed by atoms with Crippen LogP contribution in [-0.4, -0.2) is 34.1 Å². The Balaban J connectivity index is 1.65. The number of para-hydroxylation sites is 2. The Morgan fingerprint density at radius 3 is 2.61 bits per heavy atom. The molecule has 0 unspecified atom stereocenters. The average Bonchev–Trinajstić information content (AvgIpc) is 2.82. The van der Waals surface area contributed by atoms with Crippen LogP contribution in [0.3, 0.4) is 0 Å². The molecule has 2 aromatic heterocycles. The van der Waals surface area contributed by atoms with Crippen LogP contribution in [0.5, 0.6) is 5.75 Å². The van der Waals surface area contributed by atoms with Gasteiger partial charge in [-0.2, -0.15) is 0 Å². The number of methoxy groups -OCH3 is 1. The Morgan fingerprint density at radius 2 is 1.81 bits per heavy atom. The van der Waals surface area contributed by atoms with Crippen molar-refractivity contribution >= 4 is 17.1 Å². The van der Waals surface area contributed by atoms with Gasteiger partial charge in [0.05, 0.1) is 12.8 Å². The molecule has 156 valence electrons. The van der Waals surface area contributed by atoms with E-state index < -0.39 is 11.5 Å². The highest BCUT2D eigenvalue weighted by Crippen LogP contribution is 2.23. The lowest BCUT2D eigenvalue weighted by Crippen LogP contribution is -2.35. The van der Waals surface area contributed by atoms with Crippen molar-refractivity contribution in [2.75, 3.05) is 13.7 Å². The Labute approximate surface area is 179 Å². The van der Waals surface area contributed by atoms with Gasteiger partial charge in [-0.25, -0.2) is 9.97 Å². The molecule has 0 aliphatic carbocycles. The first-order chi connectivity index (χ1) is 15.2. The summed E-state index contributed by atoms with van der Waals surface area (Å²) in [5.41, 5.74) is 1.78. The quantitative estimate of drug-likeness (QED) is 0.470. The van der Waals surface area contributed by atoms with Gasteiger partial charge in [0.25, 0.3) is 11.5 Å². The lowest BCUT2D eigenvalue weighted by Gasteiger charge is -2.14.